The van der Waals surface area contributed by atoms with Crippen LogP contribution in [0, 0.1) is 6.92 Å². The lowest BCUT2D eigenvalue weighted by Gasteiger charge is -2.39. The van der Waals surface area contributed by atoms with Gasteiger partial charge in [-0.25, -0.2) is 13.4 Å². The fraction of sp³-hybridized carbons (Fsp3) is 0.211. The summed E-state index contributed by atoms with van der Waals surface area (Å²) in [5.74, 6) is 0.414. The van der Waals surface area contributed by atoms with E-state index < -0.39 is 15.6 Å². The molecule has 2 heterocycles. The molecule has 3 aromatic rings. The van der Waals surface area contributed by atoms with Crippen molar-refractivity contribution >= 4 is 15.7 Å². The number of sulfonamides is 1. The zero-order valence-electron chi connectivity index (χ0n) is 14.3. The first kappa shape index (κ1) is 16.8. The van der Waals surface area contributed by atoms with Crippen LogP contribution in [0.1, 0.15) is 23.4 Å². The molecule has 0 aliphatic carbocycles. The number of aliphatic hydroxyl groups is 1. The quantitative estimate of drug-likeness (QED) is 0.743. The van der Waals surface area contributed by atoms with Gasteiger partial charge in [0.05, 0.1) is 10.6 Å². The molecule has 6 nitrogen and oxygen atoms in total. The smallest absolute Gasteiger partial charge is 0.264 e. The average Bonchev–Trinajstić information content (AvgIpc) is 3.18. The lowest BCUT2D eigenvalue weighted by molar-refractivity contribution is 0.0618. The van der Waals surface area contributed by atoms with Gasteiger partial charge < -0.3 is 10.1 Å². The van der Waals surface area contributed by atoms with Crippen molar-refractivity contribution in [1.82, 2.24) is 9.97 Å². The highest BCUT2D eigenvalue weighted by molar-refractivity contribution is 7.92. The average molecular weight is 369 g/mol. The van der Waals surface area contributed by atoms with Crippen molar-refractivity contribution in [1.29, 1.82) is 0 Å². The first-order valence-electron chi connectivity index (χ1n) is 8.34. The summed E-state index contributed by atoms with van der Waals surface area (Å²) in [5, 5.41) is 11.3. The molecule has 2 aromatic carbocycles. The molecule has 0 radical (unpaired) electrons. The number of rotatable bonds is 3. The molecule has 1 atom stereocenters. The van der Waals surface area contributed by atoms with Gasteiger partial charge in [-0.1, -0.05) is 35.9 Å². The summed E-state index contributed by atoms with van der Waals surface area (Å²) in [6.07, 6.45) is 3.43. The molecule has 0 bridgehead atoms. The normalized spacial score (nSPS) is 20.0. The minimum atomic E-state index is -3.72. The van der Waals surface area contributed by atoms with Crippen LogP contribution in [0.2, 0.25) is 0 Å². The Morgan fingerprint density at radius 3 is 2.58 bits per heavy atom. The summed E-state index contributed by atoms with van der Waals surface area (Å²) in [4.78, 5) is 7.38. The van der Waals surface area contributed by atoms with Crippen LogP contribution < -0.4 is 4.31 Å². The number of H-pyrrole nitrogens is 1. The largest absolute Gasteiger partial charge is 0.377 e. The summed E-state index contributed by atoms with van der Waals surface area (Å²) >= 11 is 0. The van der Waals surface area contributed by atoms with Gasteiger partial charge in [-0.15, -0.1) is 0 Å². The Morgan fingerprint density at radius 1 is 1.15 bits per heavy atom. The molecule has 1 aliphatic rings. The Kier molecular flexibility index (Phi) is 3.86. The Bertz CT molecular complexity index is 1030. The van der Waals surface area contributed by atoms with Crippen LogP contribution in [0.5, 0.6) is 0 Å². The molecule has 134 valence electrons. The highest BCUT2D eigenvalue weighted by Gasteiger charge is 2.43. The van der Waals surface area contributed by atoms with Crippen LogP contribution in [0.25, 0.3) is 0 Å². The van der Waals surface area contributed by atoms with E-state index in [4.69, 9.17) is 0 Å². The number of nitrogens with zero attached hydrogens (tertiary/aromatic N) is 2. The van der Waals surface area contributed by atoms with Crippen LogP contribution >= 0.6 is 0 Å². The van der Waals surface area contributed by atoms with Crippen LogP contribution in [-0.4, -0.2) is 30.0 Å². The molecule has 0 saturated carbocycles. The Hall–Kier alpha value is -2.64. The van der Waals surface area contributed by atoms with Crippen molar-refractivity contribution in [2.24, 2.45) is 0 Å². The number of aryl methyl sites for hydroxylation is 1. The predicted molar refractivity (Wildman–Crippen MR) is 98.4 cm³/mol. The van der Waals surface area contributed by atoms with Gasteiger partial charge in [0, 0.05) is 30.9 Å². The SMILES string of the molecule is Cc1ccc(S(=O)(=O)N2CCC(O)(c3ncc[nH]3)c3ccccc32)cc1. The second-order valence-electron chi connectivity index (χ2n) is 6.46. The number of benzene rings is 2. The molecule has 1 aromatic heterocycles. The highest BCUT2D eigenvalue weighted by atomic mass is 32.2. The Morgan fingerprint density at radius 2 is 1.88 bits per heavy atom. The number of fused-ring (bicyclic) bond motifs is 1. The van der Waals surface area contributed by atoms with Crippen LogP contribution in [0.4, 0.5) is 5.69 Å². The lowest BCUT2D eigenvalue weighted by Crippen LogP contribution is -2.44. The molecular formula is C19H19N3O3S. The molecular weight excluding hydrogens is 350 g/mol. The van der Waals surface area contributed by atoms with Gasteiger partial charge in [0.2, 0.25) is 0 Å². The summed E-state index contributed by atoms with van der Waals surface area (Å²) in [5.41, 5.74) is 0.643. The first-order chi connectivity index (χ1) is 12.4. The second kappa shape index (κ2) is 5.96. The van der Waals surface area contributed by atoms with E-state index in [0.29, 0.717) is 17.1 Å². The van der Waals surface area contributed by atoms with Gasteiger partial charge in [0.25, 0.3) is 10.0 Å². The Balaban J connectivity index is 1.84. The zero-order valence-corrected chi connectivity index (χ0v) is 15.1. The van der Waals surface area contributed by atoms with E-state index in [9.17, 15) is 13.5 Å². The molecule has 0 saturated heterocycles. The maximum atomic E-state index is 13.2. The third-order valence-corrected chi connectivity index (χ3v) is 6.62. The monoisotopic (exact) mass is 369 g/mol. The van der Waals surface area contributed by atoms with Crippen LogP contribution in [0.3, 0.4) is 0 Å². The summed E-state index contributed by atoms with van der Waals surface area (Å²) in [6.45, 7) is 2.07. The van der Waals surface area contributed by atoms with E-state index in [1.807, 2.05) is 6.92 Å². The number of nitrogens with one attached hydrogen (secondary N) is 1. The fourth-order valence-corrected chi connectivity index (χ4v) is 4.87. The molecule has 2 N–H and O–H groups in total. The third kappa shape index (κ3) is 2.51. The number of aromatic nitrogens is 2. The number of anilines is 1. The fourth-order valence-electron chi connectivity index (χ4n) is 3.38. The van der Waals surface area contributed by atoms with Gasteiger partial charge in [-0.3, -0.25) is 4.31 Å². The minimum absolute atomic E-state index is 0.157. The number of hydrogen-bond donors (Lipinski definition) is 2. The van der Waals surface area contributed by atoms with Crippen molar-refractivity contribution in [3.63, 3.8) is 0 Å². The maximum Gasteiger partial charge on any atom is 0.264 e. The highest BCUT2D eigenvalue weighted by Crippen LogP contribution is 2.43. The van der Waals surface area contributed by atoms with E-state index in [2.05, 4.69) is 9.97 Å². The molecule has 26 heavy (non-hydrogen) atoms. The number of para-hydroxylation sites is 1. The van der Waals surface area contributed by atoms with E-state index in [0.717, 1.165) is 5.56 Å². The Labute approximate surface area is 152 Å². The van der Waals surface area contributed by atoms with Crippen molar-refractivity contribution in [2.45, 2.75) is 23.8 Å². The number of hydrogen-bond acceptors (Lipinski definition) is 4. The summed E-state index contributed by atoms with van der Waals surface area (Å²) in [7, 11) is -3.72. The van der Waals surface area contributed by atoms with Gasteiger partial charge in [0.1, 0.15) is 5.82 Å². The minimum Gasteiger partial charge on any atom is -0.377 e. The molecule has 1 unspecified atom stereocenters. The first-order valence-corrected chi connectivity index (χ1v) is 9.78. The number of imidazole rings is 1. The zero-order chi connectivity index (χ0) is 18.4. The van der Waals surface area contributed by atoms with Crippen molar-refractivity contribution in [2.75, 3.05) is 10.8 Å². The maximum absolute atomic E-state index is 13.2. The van der Waals surface area contributed by atoms with Crippen LogP contribution in [-0.2, 0) is 15.6 Å². The lowest BCUT2D eigenvalue weighted by atomic mass is 9.85. The second-order valence-corrected chi connectivity index (χ2v) is 8.32. The molecule has 4 rings (SSSR count). The van der Waals surface area contributed by atoms with Gasteiger partial charge in [-0.2, -0.15) is 0 Å². The number of aromatic amines is 1. The molecule has 0 spiro atoms. The van der Waals surface area contributed by atoms with Crippen molar-refractivity contribution in [3.8, 4) is 0 Å². The van der Waals surface area contributed by atoms with E-state index in [1.54, 1.807) is 60.9 Å². The van der Waals surface area contributed by atoms with Crippen molar-refractivity contribution < 1.29 is 13.5 Å². The topological polar surface area (TPSA) is 86.3 Å². The standard InChI is InChI=1S/C19H19N3O3S/c1-14-6-8-15(9-7-14)26(24,25)22-13-10-19(23,18-20-11-12-21-18)16-4-2-3-5-17(16)22/h2-9,11-12,23H,10,13H2,1H3,(H,20,21). The molecule has 0 amide bonds. The van der Waals surface area contributed by atoms with E-state index in [-0.39, 0.29) is 17.9 Å². The van der Waals surface area contributed by atoms with Gasteiger partial charge >= 0.3 is 0 Å². The van der Waals surface area contributed by atoms with Gasteiger partial charge in [-0.05, 0) is 25.1 Å². The van der Waals surface area contributed by atoms with E-state index in [1.165, 1.54) is 4.31 Å². The van der Waals surface area contributed by atoms with Crippen molar-refractivity contribution in [3.05, 3.63) is 77.9 Å². The molecule has 7 heteroatoms. The van der Waals surface area contributed by atoms with Gasteiger partial charge in [0.15, 0.2) is 5.60 Å². The summed E-state index contributed by atoms with van der Waals surface area (Å²) in [6, 6.07) is 13.8. The van der Waals surface area contributed by atoms with Crippen LogP contribution in [0.15, 0.2) is 65.8 Å². The molecule has 0 fully saturated rings. The third-order valence-electron chi connectivity index (χ3n) is 4.79. The predicted octanol–water partition coefficient (Wildman–Crippen LogP) is 2.55. The summed E-state index contributed by atoms with van der Waals surface area (Å²) < 4.78 is 27.7. The van der Waals surface area contributed by atoms with E-state index >= 15 is 0 Å². The molecule has 1 aliphatic heterocycles.